The van der Waals surface area contributed by atoms with Gasteiger partial charge in [0.05, 0.1) is 5.52 Å². The highest BCUT2D eigenvalue weighted by molar-refractivity contribution is 5.85. The Labute approximate surface area is 95.0 Å². The van der Waals surface area contributed by atoms with E-state index in [0.717, 1.165) is 10.9 Å². The molecule has 0 amide bonds. The lowest BCUT2D eigenvalue weighted by atomic mass is 10.2. The lowest BCUT2D eigenvalue weighted by Crippen LogP contribution is -2.09. The van der Waals surface area contributed by atoms with Gasteiger partial charge in [0.1, 0.15) is 0 Å². The van der Waals surface area contributed by atoms with Gasteiger partial charge >= 0.3 is 0 Å². The highest BCUT2D eigenvalue weighted by Crippen LogP contribution is 2.14. The lowest BCUT2D eigenvalue weighted by Gasteiger charge is -2.13. The second kappa shape index (κ2) is 4.49. The first-order valence-corrected chi connectivity index (χ1v) is 4.80. The van der Waals surface area contributed by atoms with Crippen LogP contribution < -0.4 is 5.43 Å². The van der Waals surface area contributed by atoms with Crippen LogP contribution in [0.5, 0.6) is 0 Å². The molecule has 2 aromatic rings. The molecular weight excluding hydrogens is 210 g/mol. The number of aromatic nitrogens is 1. The number of para-hydroxylation sites is 1. The van der Waals surface area contributed by atoms with Crippen molar-refractivity contribution in [3.8, 4) is 0 Å². The monoisotopic (exact) mass is 223 g/mol. The van der Waals surface area contributed by atoms with Gasteiger partial charge in [0, 0.05) is 23.7 Å². The fourth-order valence-corrected chi connectivity index (χ4v) is 1.68. The standard InChI is InChI=1S/C12H13NO.ClH/c1-9(2)13-8-7-12(14)10-5-3-4-6-11(10)13;/h3-9H,1-2H3;1H. The first-order chi connectivity index (χ1) is 6.70. The summed E-state index contributed by atoms with van der Waals surface area (Å²) in [6.07, 6.45) is 1.86. The molecule has 1 aromatic heterocycles. The van der Waals surface area contributed by atoms with E-state index in [2.05, 4.69) is 18.4 Å². The summed E-state index contributed by atoms with van der Waals surface area (Å²) < 4.78 is 2.11. The molecule has 0 fully saturated rings. The molecular formula is C12H14ClNO. The molecule has 15 heavy (non-hydrogen) atoms. The van der Waals surface area contributed by atoms with E-state index < -0.39 is 0 Å². The Kier molecular flexibility index (Phi) is 3.53. The Morgan fingerprint density at radius 1 is 1.13 bits per heavy atom. The maximum absolute atomic E-state index is 11.5. The molecule has 2 nitrogen and oxygen atoms in total. The number of pyridine rings is 1. The van der Waals surface area contributed by atoms with Crippen LogP contribution in [0.25, 0.3) is 10.9 Å². The van der Waals surface area contributed by atoms with Crippen LogP contribution in [0.4, 0.5) is 0 Å². The van der Waals surface area contributed by atoms with Crippen molar-refractivity contribution in [1.82, 2.24) is 4.57 Å². The predicted octanol–water partition coefficient (Wildman–Crippen LogP) is 3.00. The van der Waals surface area contributed by atoms with Gasteiger partial charge in [-0.05, 0) is 26.0 Å². The second-order valence-electron chi connectivity index (χ2n) is 3.70. The van der Waals surface area contributed by atoms with Crippen molar-refractivity contribution in [3.63, 3.8) is 0 Å². The number of benzene rings is 1. The zero-order valence-electron chi connectivity index (χ0n) is 8.81. The smallest absolute Gasteiger partial charge is 0.189 e. The second-order valence-corrected chi connectivity index (χ2v) is 3.70. The van der Waals surface area contributed by atoms with Crippen molar-refractivity contribution in [1.29, 1.82) is 0 Å². The summed E-state index contributed by atoms with van der Waals surface area (Å²) in [6, 6.07) is 9.71. The molecule has 0 aliphatic heterocycles. The third-order valence-electron chi connectivity index (χ3n) is 2.39. The highest BCUT2D eigenvalue weighted by atomic mass is 35.5. The fourth-order valence-electron chi connectivity index (χ4n) is 1.68. The van der Waals surface area contributed by atoms with E-state index in [4.69, 9.17) is 0 Å². The third-order valence-corrected chi connectivity index (χ3v) is 2.39. The average molecular weight is 224 g/mol. The van der Waals surface area contributed by atoms with E-state index in [1.54, 1.807) is 6.07 Å². The van der Waals surface area contributed by atoms with Crippen LogP contribution in [0.2, 0.25) is 0 Å². The van der Waals surface area contributed by atoms with E-state index in [1.807, 2.05) is 30.5 Å². The third kappa shape index (κ3) is 2.05. The SMILES string of the molecule is CC(C)n1ccc(=O)c2ccccc21.Cl. The van der Waals surface area contributed by atoms with Gasteiger partial charge in [0.2, 0.25) is 0 Å². The van der Waals surface area contributed by atoms with Crippen molar-refractivity contribution in [3.05, 3.63) is 46.8 Å². The number of fused-ring (bicyclic) bond motifs is 1. The molecule has 0 unspecified atom stereocenters. The highest BCUT2D eigenvalue weighted by Gasteiger charge is 2.03. The molecule has 3 heteroatoms. The minimum atomic E-state index is 0. The van der Waals surface area contributed by atoms with Crippen molar-refractivity contribution < 1.29 is 0 Å². The van der Waals surface area contributed by atoms with Gasteiger partial charge in [0.15, 0.2) is 5.43 Å². The van der Waals surface area contributed by atoms with Crippen LogP contribution in [0.15, 0.2) is 41.3 Å². The van der Waals surface area contributed by atoms with Crippen molar-refractivity contribution in [2.24, 2.45) is 0 Å². The molecule has 0 radical (unpaired) electrons. The summed E-state index contributed by atoms with van der Waals surface area (Å²) in [5, 5.41) is 0.795. The van der Waals surface area contributed by atoms with E-state index >= 15 is 0 Å². The number of halogens is 1. The van der Waals surface area contributed by atoms with Gasteiger partial charge in [-0.3, -0.25) is 4.79 Å². The number of hydrogen-bond acceptors (Lipinski definition) is 1. The van der Waals surface area contributed by atoms with Crippen LogP contribution in [-0.2, 0) is 0 Å². The van der Waals surface area contributed by atoms with Crippen molar-refractivity contribution in [2.45, 2.75) is 19.9 Å². The Hall–Kier alpha value is -1.28. The van der Waals surface area contributed by atoms with Gasteiger partial charge in [-0.1, -0.05) is 12.1 Å². The molecule has 0 bridgehead atoms. The molecule has 0 atom stereocenters. The summed E-state index contributed by atoms with van der Waals surface area (Å²) in [4.78, 5) is 11.5. The largest absolute Gasteiger partial charge is 0.345 e. The summed E-state index contributed by atoms with van der Waals surface area (Å²) in [6.45, 7) is 4.22. The van der Waals surface area contributed by atoms with Gasteiger partial charge in [-0.2, -0.15) is 0 Å². The molecule has 0 spiro atoms. The van der Waals surface area contributed by atoms with Gasteiger partial charge in [-0.25, -0.2) is 0 Å². The van der Waals surface area contributed by atoms with Gasteiger partial charge < -0.3 is 4.57 Å². The topological polar surface area (TPSA) is 22.0 Å². The molecule has 2 rings (SSSR count). The van der Waals surface area contributed by atoms with Crippen molar-refractivity contribution in [2.75, 3.05) is 0 Å². The molecule has 0 N–H and O–H groups in total. The molecule has 1 aromatic carbocycles. The van der Waals surface area contributed by atoms with Crippen LogP contribution in [-0.4, -0.2) is 4.57 Å². The summed E-state index contributed by atoms with van der Waals surface area (Å²) in [5.41, 5.74) is 1.10. The normalized spacial score (nSPS) is 10.3. The number of hydrogen-bond donors (Lipinski definition) is 0. The van der Waals surface area contributed by atoms with Crippen LogP contribution in [0.3, 0.4) is 0 Å². The Morgan fingerprint density at radius 3 is 2.47 bits per heavy atom. The Morgan fingerprint density at radius 2 is 1.80 bits per heavy atom. The van der Waals surface area contributed by atoms with E-state index in [-0.39, 0.29) is 17.8 Å². The average Bonchev–Trinajstić information content (AvgIpc) is 2.18. The number of nitrogens with zero attached hydrogens (tertiary/aromatic N) is 1. The Bertz CT molecular complexity index is 516. The molecule has 0 aliphatic rings. The van der Waals surface area contributed by atoms with E-state index in [1.165, 1.54) is 0 Å². The first kappa shape index (κ1) is 11.8. The zero-order chi connectivity index (χ0) is 10.1. The van der Waals surface area contributed by atoms with Crippen LogP contribution in [0, 0.1) is 0 Å². The molecule has 0 aliphatic carbocycles. The van der Waals surface area contributed by atoms with Gasteiger partial charge in [0.25, 0.3) is 0 Å². The summed E-state index contributed by atoms with van der Waals surface area (Å²) in [7, 11) is 0. The maximum Gasteiger partial charge on any atom is 0.189 e. The maximum atomic E-state index is 11.5. The first-order valence-electron chi connectivity index (χ1n) is 4.80. The van der Waals surface area contributed by atoms with Gasteiger partial charge in [-0.15, -0.1) is 12.4 Å². The summed E-state index contributed by atoms with van der Waals surface area (Å²) in [5.74, 6) is 0. The quantitative estimate of drug-likeness (QED) is 0.729. The fraction of sp³-hybridized carbons (Fsp3) is 0.250. The van der Waals surface area contributed by atoms with Crippen LogP contribution >= 0.6 is 12.4 Å². The molecule has 0 saturated heterocycles. The predicted molar refractivity (Wildman–Crippen MR) is 65.8 cm³/mol. The van der Waals surface area contributed by atoms with E-state index in [0.29, 0.717) is 6.04 Å². The van der Waals surface area contributed by atoms with Crippen LogP contribution in [0.1, 0.15) is 19.9 Å². The minimum Gasteiger partial charge on any atom is -0.345 e. The molecule has 80 valence electrons. The summed E-state index contributed by atoms with van der Waals surface area (Å²) >= 11 is 0. The number of rotatable bonds is 1. The minimum absolute atomic E-state index is 0. The zero-order valence-corrected chi connectivity index (χ0v) is 9.62. The lowest BCUT2D eigenvalue weighted by molar-refractivity contribution is 0.618. The van der Waals surface area contributed by atoms with E-state index in [9.17, 15) is 4.79 Å². The van der Waals surface area contributed by atoms with Crippen molar-refractivity contribution >= 4 is 23.3 Å². The molecule has 0 saturated carbocycles. The molecule has 1 heterocycles. The Balaban J connectivity index is 0.00000112.